The van der Waals surface area contributed by atoms with Crippen LogP contribution in [0.2, 0.25) is 0 Å². The van der Waals surface area contributed by atoms with Gasteiger partial charge in [-0.1, -0.05) is 25.0 Å². The first-order chi connectivity index (χ1) is 13.1. The molecule has 2 heterocycles. The van der Waals surface area contributed by atoms with Crippen molar-refractivity contribution in [3.63, 3.8) is 0 Å². The molecule has 27 heavy (non-hydrogen) atoms. The number of hydrogen-bond donors (Lipinski definition) is 2. The van der Waals surface area contributed by atoms with Crippen LogP contribution in [0.25, 0.3) is 11.0 Å². The molecule has 4 rings (SSSR count). The van der Waals surface area contributed by atoms with Gasteiger partial charge in [-0.3, -0.25) is 9.59 Å². The number of carboxylic acids is 1. The van der Waals surface area contributed by atoms with Crippen LogP contribution in [0.5, 0.6) is 0 Å². The predicted molar refractivity (Wildman–Crippen MR) is 102 cm³/mol. The number of carboxylic acid groups (broad SMARTS) is 1. The van der Waals surface area contributed by atoms with Gasteiger partial charge in [-0.15, -0.1) is 0 Å². The largest absolute Gasteiger partial charge is 0.481 e. The van der Waals surface area contributed by atoms with Crippen LogP contribution in [0.3, 0.4) is 0 Å². The first-order valence-electron chi connectivity index (χ1n) is 10.0. The average Bonchev–Trinajstić information content (AvgIpc) is 3.31. The minimum Gasteiger partial charge on any atom is -0.481 e. The zero-order valence-electron chi connectivity index (χ0n) is 15.6. The van der Waals surface area contributed by atoms with Crippen molar-refractivity contribution in [3.05, 3.63) is 30.1 Å². The lowest BCUT2D eigenvalue weighted by Crippen LogP contribution is -2.46. The van der Waals surface area contributed by atoms with Crippen LogP contribution in [0.1, 0.15) is 44.3 Å². The van der Waals surface area contributed by atoms with Crippen molar-refractivity contribution in [2.45, 2.75) is 44.9 Å². The number of carbonyl (C=O) groups is 2. The number of hydrogen-bond acceptors (Lipinski definition) is 3. The maximum Gasteiger partial charge on any atom is 0.303 e. The summed E-state index contributed by atoms with van der Waals surface area (Å²) >= 11 is 0. The van der Waals surface area contributed by atoms with E-state index in [1.807, 2.05) is 29.2 Å². The number of carbonyl (C=O) groups excluding carboxylic acids is 1. The third kappa shape index (κ3) is 3.99. The zero-order valence-corrected chi connectivity index (χ0v) is 15.6. The van der Waals surface area contributed by atoms with E-state index in [0.29, 0.717) is 19.5 Å². The normalized spacial score (nSPS) is 23.8. The molecule has 2 atom stereocenters. The Hall–Kier alpha value is -2.37. The van der Waals surface area contributed by atoms with E-state index in [4.69, 9.17) is 0 Å². The van der Waals surface area contributed by atoms with E-state index in [9.17, 15) is 14.7 Å². The van der Waals surface area contributed by atoms with Crippen LogP contribution < -0.4 is 0 Å². The highest BCUT2D eigenvalue weighted by Gasteiger charge is 2.36. The molecule has 0 radical (unpaired) electrons. The number of amides is 1. The second-order valence-corrected chi connectivity index (χ2v) is 8.08. The summed E-state index contributed by atoms with van der Waals surface area (Å²) in [4.78, 5) is 34.2. The molecule has 2 fully saturated rings. The van der Waals surface area contributed by atoms with Gasteiger partial charge in [-0.05, 0) is 43.2 Å². The number of para-hydroxylation sites is 2. The maximum atomic E-state index is 12.9. The van der Waals surface area contributed by atoms with Gasteiger partial charge in [-0.2, -0.15) is 0 Å². The molecule has 6 heteroatoms. The van der Waals surface area contributed by atoms with Gasteiger partial charge in [0.2, 0.25) is 5.91 Å². The Kier molecular flexibility index (Phi) is 5.14. The Bertz CT molecular complexity index is 792. The lowest BCUT2D eigenvalue weighted by atomic mass is 9.80. The lowest BCUT2D eigenvalue weighted by Gasteiger charge is -2.39. The van der Waals surface area contributed by atoms with Crippen LogP contribution >= 0.6 is 0 Å². The summed E-state index contributed by atoms with van der Waals surface area (Å²) in [5, 5.41) is 9.31. The number of rotatable bonds is 5. The van der Waals surface area contributed by atoms with E-state index < -0.39 is 5.97 Å². The zero-order chi connectivity index (χ0) is 18.8. The number of imidazole rings is 1. The van der Waals surface area contributed by atoms with Crippen LogP contribution in [0, 0.1) is 17.8 Å². The van der Waals surface area contributed by atoms with Gasteiger partial charge in [0.05, 0.1) is 11.0 Å². The van der Waals surface area contributed by atoms with E-state index in [1.54, 1.807) is 0 Å². The molecule has 144 valence electrons. The number of aromatic amines is 1. The molecular formula is C21H27N3O3. The number of nitrogens with zero attached hydrogens (tertiary/aromatic N) is 2. The van der Waals surface area contributed by atoms with Crippen LogP contribution in [0.15, 0.2) is 24.3 Å². The Balaban J connectivity index is 1.50. The molecule has 1 aromatic carbocycles. The second kappa shape index (κ2) is 7.71. The second-order valence-electron chi connectivity index (χ2n) is 8.08. The van der Waals surface area contributed by atoms with Crippen LogP contribution in [0.4, 0.5) is 0 Å². The molecule has 1 saturated carbocycles. The van der Waals surface area contributed by atoms with Gasteiger partial charge < -0.3 is 15.0 Å². The molecule has 2 aliphatic rings. The molecule has 0 unspecified atom stereocenters. The quantitative estimate of drug-likeness (QED) is 0.847. The maximum absolute atomic E-state index is 12.9. The van der Waals surface area contributed by atoms with Gasteiger partial charge in [0.1, 0.15) is 5.82 Å². The number of piperidine rings is 1. The third-order valence-electron chi connectivity index (χ3n) is 6.24. The Morgan fingerprint density at radius 2 is 1.93 bits per heavy atom. The standard InChI is InChI=1S/C21H27N3O3/c25-20(26)12-15-9-10-24(21(27)14-5-1-2-6-14)13-16(15)11-19-22-17-7-3-4-8-18(17)23-19/h3-4,7-8,14-16H,1-2,5-6,9-13H2,(H,22,23)(H,25,26)/t15-,16-/m0/s1. The van der Waals surface area contributed by atoms with Gasteiger partial charge in [0, 0.05) is 31.8 Å². The number of nitrogens with one attached hydrogen (secondary N) is 1. The Morgan fingerprint density at radius 3 is 2.67 bits per heavy atom. The van der Waals surface area contributed by atoms with Crippen molar-refractivity contribution >= 4 is 22.9 Å². The van der Waals surface area contributed by atoms with E-state index in [-0.39, 0.29) is 30.1 Å². The average molecular weight is 369 g/mol. The van der Waals surface area contributed by atoms with Gasteiger partial charge in [-0.25, -0.2) is 4.98 Å². The number of fused-ring (bicyclic) bond motifs is 1. The predicted octanol–water partition coefficient (Wildman–Crippen LogP) is 3.24. The minimum atomic E-state index is -0.759. The smallest absolute Gasteiger partial charge is 0.303 e. The first-order valence-corrected chi connectivity index (χ1v) is 10.0. The summed E-state index contributed by atoms with van der Waals surface area (Å²) in [6, 6.07) is 7.90. The molecule has 1 aliphatic heterocycles. The van der Waals surface area contributed by atoms with E-state index in [0.717, 1.165) is 49.0 Å². The van der Waals surface area contributed by atoms with Crippen molar-refractivity contribution in [2.24, 2.45) is 17.8 Å². The van der Waals surface area contributed by atoms with E-state index >= 15 is 0 Å². The summed E-state index contributed by atoms with van der Waals surface area (Å²) in [5.74, 6) is 0.782. The third-order valence-corrected chi connectivity index (χ3v) is 6.24. The summed E-state index contributed by atoms with van der Waals surface area (Å²) in [7, 11) is 0. The SMILES string of the molecule is O=C(O)C[C@@H]1CCN(C(=O)C2CCCC2)C[C@@H]1Cc1nc2ccccc2[nH]1. The number of aromatic nitrogens is 2. The monoisotopic (exact) mass is 369 g/mol. The number of aliphatic carboxylic acids is 1. The Morgan fingerprint density at radius 1 is 1.15 bits per heavy atom. The summed E-state index contributed by atoms with van der Waals surface area (Å²) in [6.07, 6.45) is 5.90. The molecule has 0 spiro atoms. The van der Waals surface area contributed by atoms with E-state index in [2.05, 4.69) is 9.97 Å². The van der Waals surface area contributed by atoms with E-state index in [1.165, 1.54) is 0 Å². The molecule has 2 aromatic rings. The number of likely N-dealkylation sites (tertiary alicyclic amines) is 1. The lowest BCUT2D eigenvalue weighted by molar-refractivity contribution is -0.141. The van der Waals surface area contributed by atoms with Crippen LogP contribution in [-0.4, -0.2) is 44.9 Å². The summed E-state index contributed by atoms with van der Waals surface area (Å²) in [5.41, 5.74) is 1.92. The molecule has 2 N–H and O–H groups in total. The molecular weight excluding hydrogens is 342 g/mol. The van der Waals surface area contributed by atoms with Crippen molar-refractivity contribution in [2.75, 3.05) is 13.1 Å². The minimum absolute atomic E-state index is 0.0864. The number of benzene rings is 1. The molecule has 1 saturated heterocycles. The highest BCUT2D eigenvalue weighted by Crippen LogP contribution is 2.33. The first kappa shape index (κ1) is 18.0. The molecule has 6 nitrogen and oxygen atoms in total. The van der Waals surface area contributed by atoms with Crippen molar-refractivity contribution < 1.29 is 14.7 Å². The molecule has 0 bridgehead atoms. The highest BCUT2D eigenvalue weighted by molar-refractivity contribution is 5.79. The highest BCUT2D eigenvalue weighted by atomic mass is 16.4. The fourth-order valence-corrected chi connectivity index (χ4v) is 4.79. The van der Waals surface area contributed by atoms with Crippen LogP contribution in [-0.2, 0) is 16.0 Å². The van der Waals surface area contributed by atoms with Gasteiger partial charge in [0.25, 0.3) is 0 Å². The topological polar surface area (TPSA) is 86.3 Å². The fourth-order valence-electron chi connectivity index (χ4n) is 4.79. The van der Waals surface area contributed by atoms with Crippen molar-refractivity contribution in [1.29, 1.82) is 0 Å². The number of H-pyrrole nitrogens is 1. The van der Waals surface area contributed by atoms with Crippen molar-refractivity contribution in [1.82, 2.24) is 14.9 Å². The summed E-state index contributed by atoms with van der Waals surface area (Å²) < 4.78 is 0. The fraction of sp³-hybridized carbons (Fsp3) is 0.571. The van der Waals surface area contributed by atoms with Gasteiger partial charge >= 0.3 is 5.97 Å². The van der Waals surface area contributed by atoms with Gasteiger partial charge in [0.15, 0.2) is 0 Å². The summed E-state index contributed by atoms with van der Waals surface area (Å²) in [6.45, 7) is 1.33. The molecule has 1 aliphatic carbocycles. The molecule has 1 aromatic heterocycles. The molecule has 1 amide bonds. The Labute approximate surface area is 159 Å². The van der Waals surface area contributed by atoms with Crippen molar-refractivity contribution in [3.8, 4) is 0 Å².